The summed E-state index contributed by atoms with van der Waals surface area (Å²) in [5.41, 5.74) is 1.52. The lowest BCUT2D eigenvalue weighted by molar-refractivity contribution is -0.384. The zero-order valence-electron chi connectivity index (χ0n) is 11.4. The maximum atomic E-state index is 10.9. The summed E-state index contributed by atoms with van der Waals surface area (Å²) in [4.78, 5) is 12.5. The average molecular weight is 267 g/mol. The standard InChI is InChI=1S/C13H21N3O3/c1-3-4-5-15(6-7-17)12-8-11(14-2)9-13(10-12)16(18)19/h8-10,14,17H,3-7H2,1-2H3. The molecule has 0 aliphatic rings. The number of nitrogens with zero attached hydrogens (tertiary/aromatic N) is 2. The molecule has 2 N–H and O–H groups in total. The minimum atomic E-state index is -0.402. The van der Waals surface area contributed by atoms with E-state index in [1.165, 1.54) is 6.07 Å². The fourth-order valence-electron chi connectivity index (χ4n) is 1.87. The Morgan fingerprint density at radius 1 is 1.37 bits per heavy atom. The molecular weight excluding hydrogens is 246 g/mol. The summed E-state index contributed by atoms with van der Waals surface area (Å²) < 4.78 is 0. The van der Waals surface area contributed by atoms with Crippen LogP contribution in [0.15, 0.2) is 18.2 Å². The summed E-state index contributed by atoms with van der Waals surface area (Å²) in [6.07, 6.45) is 2.02. The van der Waals surface area contributed by atoms with Crippen molar-refractivity contribution in [2.75, 3.05) is 37.0 Å². The zero-order valence-corrected chi connectivity index (χ0v) is 11.4. The molecule has 0 aliphatic heterocycles. The lowest BCUT2D eigenvalue weighted by atomic mass is 10.2. The number of benzene rings is 1. The van der Waals surface area contributed by atoms with Crippen molar-refractivity contribution in [3.8, 4) is 0 Å². The lowest BCUT2D eigenvalue weighted by Crippen LogP contribution is -2.27. The third-order valence-corrected chi connectivity index (χ3v) is 2.92. The van der Waals surface area contributed by atoms with Crippen LogP contribution in [-0.4, -0.2) is 36.8 Å². The first-order chi connectivity index (χ1) is 9.12. The largest absolute Gasteiger partial charge is 0.395 e. The quantitative estimate of drug-likeness (QED) is 0.558. The van der Waals surface area contributed by atoms with Gasteiger partial charge in [0.2, 0.25) is 0 Å². The molecule has 0 amide bonds. The number of nitrogens with one attached hydrogen (secondary N) is 1. The lowest BCUT2D eigenvalue weighted by Gasteiger charge is -2.24. The first kappa shape index (κ1) is 15.2. The molecule has 19 heavy (non-hydrogen) atoms. The topological polar surface area (TPSA) is 78.6 Å². The Morgan fingerprint density at radius 3 is 2.63 bits per heavy atom. The average Bonchev–Trinajstić information content (AvgIpc) is 2.42. The SMILES string of the molecule is CCCCN(CCO)c1cc(NC)cc([N+](=O)[O-])c1. The van der Waals surface area contributed by atoms with Gasteiger partial charge in [-0.25, -0.2) is 0 Å². The summed E-state index contributed by atoms with van der Waals surface area (Å²) in [6.45, 7) is 3.37. The first-order valence-electron chi connectivity index (χ1n) is 6.45. The van der Waals surface area contributed by atoms with Crippen LogP contribution in [0.3, 0.4) is 0 Å². The first-order valence-corrected chi connectivity index (χ1v) is 6.45. The number of non-ortho nitro benzene ring substituents is 1. The third kappa shape index (κ3) is 4.40. The van der Waals surface area contributed by atoms with E-state index in [0.29, 0.717) is 12.2 Å². The zero-order chi connectivity index (χ0) is 14.3. The molecule has 0 radical (unpaired) electrons. The Kier molecular flexibility index (Phi) is 6.08. The van der Waals surface area contributed by atoms with E-state index in [1.54, 1.807) is 13.1 Å². The molecule has 0 heterocycles. The van der Waals surface area contributed by atoms with Crippen molar-refractivity contribution in [2.24, 2.45) is 0 Å². The maximum Gasteiger partial charge on any atom is 0.273 e. The second-order valence-corrected chi connectivity index (χ2v) is 4.31. The summed E-state index contributed by atoms with van der Waals surface area (Å²) in [6, 6.07) is 4.91. The second kappa shape index (κ2) is 7.58. The number of rotatable bonds is 8. The van der Waals surface area contributed by atoms with Gasteiger partial charge in [-0.15, -0.1) is 0 Å². The molecule has 0 spiro atoms. The van der Waals surface area contributed by atoms with Crippen molar-refractivity contribution in [3.63, 3.8) is 0 Å². The van der Waals surface area contributed by atoms with E-state index in [2.05, 4.69) is 12.2 Å². The molecule has 0 saturated carbocycles. The van der Waals surface area contributed by atoms with Crippen molar-refractivity contribution in [2.45, 2.75) is 19.8 Å². The van der Waals surface area contributed by atoms with Crippen LogP contribution in [-0.2, 0) is 0 Å². The number of aliphatic hydroxyl groups is 1. The Labute approximate surface area is 113 Å². The Bertz CT molecular complexity index is 424. The van der Waals surface area contributed by atoms with Crippen LogP contribution in [0.2, 0.25) is 0 Å². The number of aliphatic hydroxyl groups excluding tert-OH is 1. The van der Waals surface area contributed by atoms with E-state index in [-0.39, 0.29) is 12.3 Å². The van der Waals surface area contributed by atoms with E-state index in [1.807, 2.05) is 11.0 Å². The maximum absolute atomic E-state index is 10.9. The van der Waals surface area contributed by atoms with E-state index < -0.39 is 4.92 Å². The molecule has 0 aromatic heterocycles. The molecule has 106 valence electrons. The van der Waals surface area contributed by atoms with Crippen molar-refractivity contribution >= 4 is 17.1 Å². The molecule has 0 aliphatic carbocycles. The van der Waals surface area contributed by atoms with Gasteiger partial charge in [-0.05, 0) is 12.5 Å². The molecule has 6 heteroatoms. The van der Waals surface area contributed by atoms with Crippen molar-refractivity contribution in [1.82, 2.24) is 0 Å². The molecule has 0 atom stereocenters. The monoisotopic (exact) mass is 267 g/mol. The third-order valence-electron chi connectivity index (χ3n) is 2.92. The number of unbranched alkanes of at least 4 members (excludes halogenated alkanes) is 1. The number of nitro groups is 1. The molecule has 0 fully saturated rings. The van der Waals surface area contributed by atoms with Gasteiger partial charge in [0, 0.05) is 43.6 Å². The van der Waals surface area contributed by atoms with E-state index in [4.69, 9.17) is 5.11 Å². The summed E-state index contributed by atoms with van der Waals surface area (Å²) in [7, 11) is 1.73. The fourth-order valence-corrected chi connectivity index (χ4v) is 1.87. The van der Waals surface area contributed by atoms with E-state index in [0.717, 1.165) is 25.1 Å². The van der Waals surface area contributed by atoms with Gasteiger partial charge in [-0.2, -0.15) is 0 Å². The van der Waals surface area contributed by atoms with Crippen LogP contribution in [0.25, 0.3) is 0 Å². The van der Waals surface area contributed by atoms with Crippen molar-refractivity contribution in [1.29, 1.82) is 0 Å². The van der Waals surface area contributed by atoms with Crippen LogP contribution < -0.4 is 10.2 Å². The van der Waals surface area contributed by atoms with Gasteiger partial charge in [0.15, 0.2) is 0 Å². The predicted molar refractivity (Wildman–Crippen MR) is 76.8 cm³/mol. The number of hydrogen-bond acceptors (Lipinski definition) is 5. The number of hydrogen-bond donors (Lipinski definition) is 2. The number of nitro benzene ring substituents is 1. The Hall–Kier alpha value is -1.82. The molecule has 1 aromatic rings. The number of anilines is 2. The van der Waals surface area contributed by atoms with Crippen LogP contribution in [0.4, 0.5) is 17.1 Å². The highest BCUT2D eigenvalue weighted by Crippen LogP contribution is 2.27. The molecule has 1 rings (SSSR count). The van der Waals surface area contributed by atoms with Crippen molar-refractivity contribution in [3.05, 3.63) is 28.3 Å². The molecule has 6 nitrogen and oxygen atoms in total. The molecular formula is C13H21N3O3. The van der Waals surface area contributed by atoms with Gasteiger partial charge in [-0.3, -0.25) is 10.1 Å². The van der Waals surface area contributed by atoms with Crippen molar-refractivity contribution < 1.29 is 10.0 Å². The highest BCUT2D eigenvalue weighted by molar-refractivity contribution is 5.64. The molecule has 0 saturated heterocycles. The van der Waals surface area contributed by atoms with Gasteiger partial charge < -0.3 is 15.3 Å². The Balaban J connectivity index is 3.05. The van der Waals surface area contributed by atoms with Gasteiger partial charge in [0.1, 0.15) is 0 Å². The van der Waals surface area contributed by atoms with Gasteiger partial charge in [0.25, 0.3) is 5.69 Å². The normalized spacial score (nSPS) is 10.3. The smallest absolute Gasteiger partial charge is 0.273 e. The van der Waals surface area contributed by atoms with Crippen LogP contribution >= 0.6 is 0 Å². The molecule has 0 unspecified atom stereocenters. The highest BCUT2D eigenvalue weighted by Gasteiger charge is 2.13. The predicted octanol–water partition coefficient (Wildman–Crippen LogP) is 2.24. The highest BCUT2D eigenvalue weighted by atomic mass is 16.6. The summed E-state index contributed by atoms with van der Waals surface area (Å²) in [5.74, 6) is 0. The molecule has 1 aromatic carbocycles. The molecule has 0 bridgehead atoms. The van der Waals surface area contributed by atoms with E-state index in [9.17, 15) is 10.1 Å². The minimum absolute atomic E-state index is 0.0291. The van der Waals surface area contributed by atoms with Crippen LogP contribution in [0.1, 0.15) is 19.8 Å². The fraction of sp³-hybridized carbons (Fsp3) is 0.538. The van der Waals surface area contributed by atoms with Crippen LogP contribution in [0.5, 0.6) is 0 Å². The minimum Gasteiger partial charge on any atom is -0.395 e. The van der Waals surface area contributed by atoms with Crippen LogP contribution in [0, 0.1) is 10.1 Å². The van der Waals surface area contributed by atoms with Gasteiger partial charge >= 0.3 is 0 Å². The van der Waals surface area contributed by atoms with Gasteiger partial charge in [-0.1, -0.05) is 13.3 Å². The summed E-state index contributed by atoms with van der Waals surface area (Å²) in [5, 5.41) is 23.0. The summed E-state index contributed by atoms with van der Waals surface area (Å²) >= 11 is 0. The van der Waals surface area contributed by atoms with E-state index >= 15 is 0 Å². The van der Waals surface area contributed by atoms with Gasteiger partial charge in [0.05, 0.1) is 11.5 Å². The second-order valence-electron chi connectivity index (χ2n) is 4.31. The Morgan fingerprint density at radius 2 is 2.11 bits per heavy atom.